The SMILES string of the molecule is CCCCCc1ccc(-c2cc(F)c3c(F)c(C#Cc4cc(F)c(C(F)(F)Oc5cc(F)c(-c6cc(F)c(F)c(F)c6)c(F)c5)cc4C)c(F)cc3c2)cc1. The number of benzene rings is 6. The van der Waals surface area contributed by atoms with E-state index in [0.717, 1.165) is 43.4 Å². The van der Waals surface area contributed by atoms with Crippen molar-refractivity contribution < 1.29 is 53.0 Å². The molecule has 6 aromatic carbocycles. The summed E-state index contributed by atoms with van der Waals surface area (Å²) in [5, 5.41) is -0.623. The third-order valence-corrected chi connectivity index (χ3v) is 8.92. The summed E-state index contributed by atoms with van der Waals surface area (Å²) in [6.07, 6.45) is -0.494. The standard InChI is InChI=1S/C43H27F11O/c1-3-4-5-6-23-7-9-24(10-8-23)26-14-27-17-32(44)30(41(51)40(27)34(46)16-26)12-11-25-15-33(45)31(13-22(25)2)43(53,54)55-29-20-35(47)39(36(48)21-29)28-18-37(49)42(52)38(50)19-28/h7-10,13-21H,3-6H2,1-2H3. The first kappa shape index (κ1) is 38.9. The molecule has 0 saturated heterocycles. The zero-order valence-corrected chi connectivity index (χ0v) is 28.9. The molecule has 12 heteroatoms. The van der Waals surface area contributed by atoms with E-state index in [4.69, 9.17) is 0 Å². The third-order valence-electron chi connectivity index (χ3n) is 8.92. The predicted octanol–water partition coefficient (Wildman–Crippen LogP) is 13.0. The number of hydrogen-bond acceptors (Lipinski definition) is 1. The van der Waals surface area contributed by atoms with E-state index in [1.165, 1.54) is 13.0 Å². The summed E-state index contributed by atoms with van der Waals surface area (Å²) in [7, 11) is 0. The highest BCUT2D eigenvalue weighted by Gasteiger charge is 2.39. The minimum absolute atomic E-state index is 0.0796. The van der Waals surface area contributed by atoms with Crippen molar-refractivity contribution in [1.82, 2.24) is 0 Å². The van der Waals surface area contributed by atoms with Gasteiger partial charge in [0.05, 0.1) is 16.5 Å². The first-order valence-corrected chi connectivity index (χ1v) is 16.8. The molecule has 0 aliphatic rings. The monoisotopic (exact) mass is 768 g/mol. The predicted molar refractivity (Wildman–Crippen MR) is 186 cm³/mol. The number of alkyl halides is 2. The number of halogens is 11. The molecule has 0 amide bonds. The quantitative estimate of drug-likeness (QED) is 0.0616. The van der Waals surface area contributed by atoms with Crippen LogP contribution >= 0.6 is 0 Å². The van der Waals surface area contributed by atoms with Gasteiger partial charge in [-0.25, -0.2) is 39.5 Å². The van der Waals surface area contributed by atoms with Crippen LogP contribution in [-0.4, -0.2) is 0 Å². The van der Waals surface area contributed by atoms with Gasteiger partial charge in [-0.1, -0.05) is 55.9 Å². The van der Waals surface area contributed by atoms with Gasteiger partial charge in [0, 0.05) is 17.7 Å². The average molecular weight is 769 g/mol. The number of ether oxygens (including phenoxy) is 1. The summed E-state index contributed by atoms with van der Waals surface area (Å²) in [6.45, 7) is 3.31. The Hall–Kier alpha value is -5.83. The first-order chi connectivity index (χ1) is 26.1. The van der Waals surface area contributed by atoms with Gasteiger partial charge < -0.3 is 4.74 Å². The molecule has 0 N–H and O–H groups in total. The van der Waals surface area contributed by atoms with Crippen LogP contribution in [0.15, 0.2) is 78.9 Å². The van der Waals surface area contributed by atoms with Crippen LogP contribution in [0.4, 0.5) is 48.3 Å². The Balaban J connectivity index is 1.25. The summed E-state index contributed by atoms with van der Waals surface area (Å²) >= 11 is 0. The number of unbranched alkanes of at least 4 members (excludes halogenated alkanes) is 2. The molecule has 1 nitrogen and oxygen atoms in total. The van der Waals surface area contributed by atoms with E-state index in [9.17, 15) is 22.0 Å². The fourth-order valence-electron chi connectivity index (χ4n) is 6.09. The topological polar surface area (TPSA) is 9.23 Å². The number of rotatable bonds is 9. The molecule has 0 bridgehead atoms. The molecule has 0 saturated carbocycles. The van der Waals surface area contributed by atoms with Gasteiger partial charge in [-0.05, 0) is 95.4 Å². The van der Waals surface area contributed by atoms with Crippen molar-refractivity contribution in [3.8, 4) is 39.8 Å². The van der Waals surface area contributed by atoms with Crippen LogP contribution < -0.4 is 4.74 Å². The Morgan fingerprint density at radius 2 is 1.22 bits per heavy atom. The second kappa shape index (κ2) is 15.5. The van der Waals surface area contributed by atoms with Crippen molar-refractivity contribution in [1.29, 1.82) is 0 Å². The van der Waals surface area contributed by atoms with E-state index in [1.807, 2.05) is 12.1 Å². The summed E-state index contributed by atoms with van der Waals surface area (Å²) in [6, 6.07) is 13.1. The maximum absolute atomic E-state index is 15.6. The Bertz CT molecular complexity index is 2470. The Morgan fingerprint density at radius 1 is 0.582 bits per heavy atom. The van der Waals surface area contributed by atoms with Crippen LogP contribution in [0, 0.1) is 71.1 Å². The second-order valence-electron chi connectivity index (χ2n) is 12.8. The third kappa shape index (κ3) is 8.02. The lowest BCUT2D eigenvalue weighted by molar-refractivity contribution is -0.187. The van der Waals surface area contributed by atoms with Gasteiger partial charge in [0.2, 0.25) is 0 Å². The van der Waals surface area contributed by atoms with Crippen molar-refractivity contribution in [2.24, 2.45) is 0 Å². The van der Waals surface area contributed by atoms with Crippen LogP contribution in [0.2, 0.25) is 0 Å². The summed E-state index contributed by atoms with van der Waals surface area (Å²) < 4.78 is 166. The molecule has 0 aliphatic heterocycles. The smallest absolute Gasteiger partial charge is 0.429 e. The molecule has 6 aromatic rings. The van der Waals surface area contributed by atoms with Crippen LogP contribution in [-0.2, 0) is 12.5 Å². The van der Waals surface area contributed by atoms with Gasteiger partial charge in [0.15, 0.2) is 23.3 Å². The number of fused-ring (bicyclic) bond motifs is 1. The molecule has 0 spiro atoms. The van der Waals surface area contributed by atoms with Crippen molar-refractivity contribution in [2.75, 3.05) is 0 Å². The molecule has 6 rings (SSSR count). The van der Waals surface area contributed by atoms with Crippen molar-refractivity contribution in [3.63, 3.8) is 0 Å². The van der Waals surface area contributed by atoms with E-state index in [-0.39, 0.29) is 28.6 Å². The molecule has 0 radical (unpaired) electrons. The van der Waals surface area contributed by atoms with Gasteiger partial charge in [-0.2, -0.15) is 8.78 Å². The lowest BCUT2D eigenvalue weighted by Crippen LogP contribution is -2.24. The molecule has 0 aliphatic carbocycles. The van der Waals surface area contributed by atoms with E-state index in [2.05, 4.69) is 23.5 Å². The molecular formula is C43H27F11O. The van der Waals surface area contributed by atoms with Gasteiger partial charge in [0.1, 0.15) is 40.4 Å². The van der Waals surface area contributed by atoms with Gasteiger partial charge in [-0.15, -0.1) is 0 Å². The number of aryl methyl sites for hydroxylation is 2. The molecule has 0 fully saturated rings. The van der Waals surface area contributed by atoms with Crippen LogP contribution in [0.3, 0.4) is 0 Å². The van der Waals surface area contributed by atoms with Gasteiger partial charge in [-0.3, -0.25) is 0 Å². The molecule has 0 unspecified atom stereocenters. The molecular weight excluding hydrogens is 741 g/mol. The van der Waals surface area contributed by atoms with Crippen LogP contribution in [0.5, 0.6) is 5.75 Å². The van der Waals surface area contributed by atoms with Crippen molar-refractivity contribution in [3.05, 3.63) is 159 Å². The maximum atomic E-state index is 15.6. The van der Waals surface area contributed by atoms with Gasteiger partial charge in [0.25, 0.3) is 0 Å². The van der Waals surface area contributed by atoms with E-state index < -0.39 is 91.9 Å². The highest BCUT2D eigenvalue weighted by atomic mass is 19.3. The first-order valence-electron chi connectivity index (χ1n) is 16.8. The molecule has 0 heterocycles. The fourth-order valence-corrected chi connectivity index (χ4v) is 6.09. The van der Waals surface area contributed by atoms with Gasteiger partial charge >= 0.3 is 6.11 Å². The molecule has 55 heavy (non-hydrogen) atoms. The summed E-state index contributed by atoms with van der Waals surface area (Å²) in [5.74, 6) is -10.4. The highest BCUT2D eigenvalue weighted by Crippen LogP contribution is 2.38. The van der Waals surface area contributed by atoms with Crippen molar-refractivity contribution >= 4 is 10.8 Å². The lowest BCUT2D eigenvalue weighted by atomic mass is 9.97. The zero-order valence-electron chi connectivity index (χ0n) is 28.9. The summed E-state index contributed by atoms with van der Waals surface area (Å²) in [5.41, 5.74) is -2.41. The highest BCUT2D eigenvalue weighted by molar-refractivity contribution is 5.90. The average Bonchev–Trinajstić information content (AvgIpc) is 3.11. The Morgan fingerprint density at radius 3 is 1.85 bits per heavy atom. The zero-order chi connectivity index (χ0) is 39.8. The van der Waals surface area contributed by atoms with E-state index in [0.29, 0.717) is 35.4 Å². The Kier molecular flexibility index (Phi) is 11.0. The van der Waals surface area contributed by atoms with Crippen LogP contribution in [0.25, 0.3) is 33.0 Å². The number of hydrogen-bond donors (Lipinski definition) is 0. The lowest BCUT2D eigenvalue weighted by Gasteiger charge is -2.20. The Labute approximate surface area is 308 Å². The minimum Gasteiger partial charge on any atom is -0.429 e. The second-order valence-corrected chi connectivity index (χ2v) is 12.8. The largest absolute Gasteiger partial charge is 0.429 e. The van der Waals surface area contributed by atoms with E-state index in [1.54, 1.807) is 12.1 Å². The molecule has 0 atom stereocenters. The van der Waals surface area contributed by atoms with E-state index >= 15 is 26.3 Å². The summed E-state index contributed by atoms with van der Waals surface area (Å²) in [4.78, 5) is 0. The van der Waals surface area contributed by atoms with Crippen molar-refractivity contribution in [2.45, 2.75) is 45.6 Å². The normalized spacial score (nSPS) is 11.5. The molecule has 0 aromatic heterocycles. The minimum atomic E-state index is -4.57. The van der Waals surface area contributed by atoms with Crippen LogP contribution in [0.1, 0.15) is 54.0 Å². The maximum Gasteiger partial charge on any atom is 0.429 e. The fraction of sp³-hybridized carbons (Fsp3) is 0.163. The molecule has 282 valence electrons.